The van der Waals surface area contributed by atoms with Crippen molar-refractivity contribution in [3.05, 3.63) is 89.1 Å². The molecule has 5 rings (SSSR count). The topological polar surface area (TPSA) is 71.8 Å². The van der Waals surface area contributed by atoms with Gasteiger partial charge in [0.1, 0.15) is 6.04 Å². The zero-order chi connectivity index (χ0) is 23.7. The molecule has 7 heteroatoms. The maximum Gasteiger partial charge on any atom is 0.255 e. The molecule has 0 radical (unpaired) electrons. The summed E-state index contributed by atoms with van der Waals surface area (Å²) in [4.78, 5) is 18.4. The lowest BCUT2D eigenvalue weighted by Crippen LogP contribution is -2.31. The van der Waals surface area contributed by atoms with Gasteiger partial charge in [-0.3, -0.25) is 4.79 Å². The molecule has 1 aliphatic heterocycles. The van der Waals surface area contributed by atoms with E-state index in [1.165, 1.54) is 0 Å². The average molecular weight is 470 g/mol. The highest BCUT2D eigenvalue weighted by Gasteiger charge is 2.35. The molecule has 0 aliphatic carbocycles. The Morgan fingerprint density at radius 1 is 1.06 bits per heavy atom. The van der Waals surface area contributed by atoms with Crippen LogP contribution in [0, 0.1) is 6.92 Å². The highest BCUT2D eigenvalue weighted by molar-refractivity contribution is 7.99. The molecule has 1 atom stereocenters. The summed E-state index contributed by atoms with van der Waals surface area (Å²) in [5.74, 6) is 1.44. The summed E-state index contributed by atoms with van der Waals surface area (Å²) in [7, 11) is 0. The van der Waals surface area contributed by atoms with Crippen molar-refractivity contribution in [3.63, 3.8) is 0 Å². The van der Waals surface area contributed by atoms with Crippen LogP contribution in [0.3, 0.4) is 0 Å². The number of carbonyl (C=O) groups is 1. The van der Waals surface area contributed by atoms with Crippen LogP contribution in [0.15, 0.2) is 83.2 Å². The number of fused-ring (bicyclic) bond motifs is 2. The summed E-state index contributed by atoms with van der Waals surface area (Å²) < 4.78 is 1.86. The highest BCUT2D eigenvalue weighted by Crippen LogP contribution is 2.39. The summed E-state index contributed by atoms with van der Waals surface area (Å²) in [5.41, 5.74) is 4.32. The van der Waals surface area contributed by atoms with Crippen LogP contribution in [-0.2, 0) is 4.79 Å². The van der Waals surface area contributed by atoms with Gasteiger partial charge in [-0.25, -0.2) is 4.68 Å². The van der Waals surface area contributed by atoms with Gasteiger partial charge in [0, 0.05) is 17.1 Å². The molecule has 1 aliphatic rings. The largest absolute Gasteiger partial charge is 0.328 e. The molecule has 0 spiro atoms. The quantitative estimate of drug-likeness (QED) is 0.331. The standard InChI is InChI=1S/C27H27N5OS/c1-4-16-34-27-30-26-28-18(3)23(25(33)29-20-14-12-17(2)13-15-20)24(32(26)31-27)22-11-7-9-19-8-5-6-10-21(19)22/h5-15,24H,4,16H2,1-3H3,(H,29,33)(H,28,30,31). The number of amides is 1. The maximum absolute atomic E-state index is 13.7. The molecule has 4 aromatic rings. The second-order valence-electron chi connectivity index (χ2n) is 8.47. The molecule has 2 heterocycles. The number of nitrogens with one attached hydrogen (secondary N) is 2. The molecule has 172 valence electrons. The van der Waals surface area contributed by atoms with Crippen LogP contribution in [-0.4, -0.2) is 26.4 Å². The molecule has 1 aromatic heterocycles. The van der Waals surface area contributed by atoms with Crippen LogP contribution in [0.1, 0.15) is 37.4 Å². The normalized spacial score (nSPS) is 15.2. The lowest BCUT2D eigenvalue weighted by atomic mass is 9.91. The van der Waals surface area contributed by atoms with Gasteiger partial charge < -0.3 is 10.6 Å². The van der Waals surface area contributed by atoms with Gasteiger partial charge in [-0.1, -0.05) is 78.8 Å². The van der Waals surface area contributed by atoms with Gasteiger partial charge in [-0.2, -0.15) is 4.98 Å². The Morgan fingerprint density at radius 3 is 2.62 bits per heavy atom. The van der Waals surface area contributed by atoms with Crippen LogP contribution < -0.4 is 10.6 Å². The van der Waals surface area contributed by atoms with Crippen molar-refractivity contribution in [3.8, 4) is 0 Å². The number of aryl methyl sites for hydroxylation is 1. The minimum Gasteiger partial charge on any atom is -0.328 e. The Hall–Kier alpha value is -3.58. The number of nitrogens with zero attached hydrogens (tertiary/aromatic N) is 3. The first-order valence-electron chi connectivity index (χ1n) is 11.5. The highest BCUT2D eigenvalue weighted by atomic mass is 32.2. The smallest absolute Gasteiger partial charge is 0.255 e. The maximum atomic E-state index is 13.7. The summed E-state index contributed by atoms with van der Waals surface area (Å²) in [5, 5.41) is 14.2. The third-order valence-corrected chi connectivity index (χ3v) is 6.98. The first-order chi connectivity index (χ1) is 16.5. The Kier molecular flexibility index (Phi) is 6.11. The molecule has 34 heavy (non-hydrogen) atoms. The average Bonchev–Trinajstić information content (AvgIpc) is 3.25. The van der Waals surface area contributed by atoms with Gasteiger partial charge in [-0.05, 0) is 48.7 Å². The summed E-state index contributed by atoms with van der Waals surface area (Å²) in [6.45, 7) is 6.10. The van der Waals surface area contributed by atoms with Gasteiger partial charge in [0.05, 0.1) is 5.57 Å². The first-order valence-corrected chi connectivity index (χ1v) is 12.5. The molecule has 6 nitrogen and oxygen atoms in total. The van der Waals surface area contributed by atoms with E-state index in [0.29, 0.717) is 16.7 Å². The van der Waals surface area contributed by atoms with E-state index in [2.05, 4.69) is 41.8 Å². The third-order valence-electron chi connectivity index (χ3n) is 5.94. The van der Waals surface area contributed by atoms with Crippen molar-refractivity contribution in [1.29, 1.82) is 0 Å². The number of benzene rings is 3. The van der Waals surface area contributed by atoms with E-state index in [4.69, 9.17) is 10.1 Å². The SMILES string of the molecule is CCCSc1nc2n(n1)C(c1cccc3ccccc13)C(C(=O)Nc1ccc(C)cc1)=C(C)N2. The number of rotatable bonds is 6. The van der Waals surface area contributed by atoms with Crippen molar-refractivity contribution in [1.82, 2.24) is 14.8 Å². The molecule has 0 saturated carbocycles. The number of carbonyl (C=O) groups excluding carboxylic acids is 1. The minimum absolute atomic E-state index is 0.157. The third kappa shape index (κ3) is 4.19. The van der Waals surface area contributed by atoms with Crippen LogP contribution in [0.2, 0.25) is 0 Å². The fourth-order valence-corrected chi connectivity index (χ4v) is 4.98. The number of hydrogen-bond acceptors (Lipinski definition) is 5. The molecule has 1 amide bonds. The fourth-order valence-electron chi connectivity index (χ4n) is 4.29. The minimum atomic E-state index is -0.406. The molecular formula is C27H27N5OS. The van der Waals surface area contributed by atoms with Crippen molar-refractivity contribution >= 4 is 40.1 Å². The molecule has 0 saturated heterocycles. The zero-order valence-electron chi connectivity index (χ0n) is 19.5. The second kappa shape index (κ2) is 9.35. The second-order valence-corrected chi connectivity index (χ2v) is 9.53. The van der Waals surface area contributed by atoms with Gasteiger partial charge in [0.25, 0.3) is 5.91 Å². The summed E-state index contributed by atoms with van der Waals surface area (Å²) >= 11 is 1.63. The number of aromatic nitrogens is 3. The lowest BCUT2D eigenvalue weighted by Gasteiger charge is -2.29. The van der Waals surface area contributed by atoms with E-state index in [0.717, 1.165) is 45.5 Å². The van der Waals surface area contributed by atoms with Crippen LogP contribution in [0.4, 0.5) is 11.6 Å². The lowest BCUT2D eigenvalue weighted by molar-refractivity contribution is -0.113. The van der Waals surface area contributed by atoms with E-state index < -0.39 is 6.04 Å². The first kappa shape index (κ1) is 22.2. The van der Waals surface area contributed by atoms with Gasteiger partial charge >= 0.3 is 0 Å². The van der Waals surface area contributed by atoms with E-state index in [9.17, 15) is 4.79 Å². The van der Waals surface area contributed by atoms with Crippen LogP contribution >= 0.6 is 11.8 Å². The predicted octanol–water partition coefficient (Wildman–Crippen LogP) is 6.17. The number of thioether (sulfide) groups is 1. The Labute approximate surface area is 203 Å². The van der Waals surface area contributed by atoms with Crippen molar-refractivity contribution < 1.29 is 4.79 Å². The van der Waals surface area contributed by atoms with Crippen LogP contribution in [0.25, 0.3) is 10.8 Å². The van der Waals surface area contributed by atoms with Crippen molar-refractivity contribution in [2.45, 2.75) is 38.4 Å². The molecule has 0 fully saturated rings. The van der Waals surface area contributed by atoms with E-state index in [1.807, 2.05) is 61.0 Å². The fraction of sp³-hybridized carbons (Fsp3) is 0.222. The van der Waals surface area contributed by atoms with Gasteiger partial charge in [-0.15, -0.1) is 5.10 Å². The van der Waals surface area contributed by atoms with E-state index in [-0.39, 0.29) is 5.91 Å². The van der Waals surface area contributed by atoms with Crippen molar-refractivity contribution in [2.75, 3.05) is 16.4 Å². The van der Waals surface area contributed by atoms with Crippen molar-refractivity contribution in [2.24, 2.45) is 0 Å². The van der Waals surface area contributed by atoms with E-state index in [1.54, 1.807) is 11.8 Å². The molecule has 0 bridgehead atoms. The Morgan fingerprint density at radius 2 is 1.82 bits per heavy atom. The number of allylic oxidation sites excluding steroid dienone is 1. The molecule has 1 unspecified atom stereocenters. The van der Waals surface area contributed by atoms with Gasteiger partial charge in [0.15, 0.2) is 0 Å². The molecule has 3 aromatic carbocycles. The molecule has 2 N–H and O–H groups in total. The molecular weight excluding hydrogens is 442 g/mol. The monoisotopic (exact) mass is 469 g/mol. The Balaban J connectivity index is 1.63. The summed E-state index contributed by atoms with van der Waals surface area (Å²) in [6.07, 6.45) is 1.04. The van der Waals surface area contributed by atoms with E-state index >= 15 is 0 Å². The summed E-state index contributed by atoms with van der Waals surface area (Å²) in [6, 6.07) is 21.9. The Bertz CT molecular complexity index is 1380. The van der Waals surface area contributed by atoms with Crippen LogP contribution in [0.5, 0.6) is 0 Å². The predicted molar refractivity (Wildman–Crippen MR) is 139 cm³/mol. The number of hydrogen-bond donors (Lipinski definition) is 2. The number of anilines is 2. The zero-order valence-corrected chi connectivity index (χ0v) is 20.3. The van der Waals surface area contributed by atoms with Gasteiger partial charge in [0.2, 0.25) is 11.1 Å².